The third-order valence-corrected chi connectivity index (χ3v) is 3.15. The largest absolute Gasteiger partial charge is 0.355 e. The summed E-state index contributed by atoms with van der Waals surface area (Å²) >= 11 is 0. The Morgan fingerprint density at radius 3 is 2.33 bits per heavy atom. The van der Waals surface area contributed by atoms with Gasteiger partial charge in [0.25, 0.3) is 11.8 Å². The van der Waals surface area contributed by atoms with Crippen LogP contribution in [0.2, 0.25) is 0 Å². The number of carbonyl (C=O) groups excluding carboxylic acids is 2. The summed E-state index contributed by atoms with van der Waals surface area (Å²) < 4.78 is 0. The predicted molar refractivity (Wildman–Crippen MR) is 81.5 cm³/mol. The van der Waals surface area contributed by atoms with Gasteiger partial charge in [0, 0.05) is 30.2 Å². The molecule has 0 atom stereocenters. The normalized spacial score (nSPS) is 10.0. The molecule has 0 saturated heterocycles. The van der Waals surface area contributed by atoms with E-state index in [0.29, 0.717) is 16.8 Å². The SMILES string of the molecule is CNC(=O)c1ccc(C)c(NC(=O)c2ccc(C)nc2)c1. The van der Waals surface area contributed by atoms with E-state index < -0.39 is 0 Å². The number of carbonyl (C=O) groups is 2. The first kappa shape index (κ1) is 14.7. The lowest BCUT2D eigenvalue weighted by molar-refractivity contribution is 0.0961. The van der Waals surface area contributed by atoms with Gasteiger partial charge in [0.05, 0.1) is 5.56 Å². The maximum absolute atomic E-state index is 12.2. The molecule has 2 rings (SSSR count). The molecule has 1 aromatic carbocycles. The molecule has 0 aliphatic rings. The Morgan fingerprint density at radius 2 is 1.71 bits per heavy atom. The number of pyridine rings is 1. The number of benzene rings is 1. The predicted octanol–water partition coefficient (Wildman–Crippen LogP) is 2.31. The Balaban J connectivity index is 2.24. The summed E-state index contributed by atoms with van der Waals surface area (Å²) in [6.07, 6.45) is 1.53. The number of hydrogen-bond donors (Lipinski definition) is 2. The van der Waals surface area contributed by atoms with Crippen LogP contribution in [0.25, 0.3) is 0 Å². The quantitative estimate of drug-likeness (QED) is 0.908. The summed E-state index contributed by atoms with van der Waals surface area (Å²) in [7, 11) is 1.57. The standard InChI is InChI=1S/C16H17N3O2/c1-10-4-6-12(15(20)17-3)8-14(10)19-16(21)13-7-5-11(2)18-9-13/h4-9H,1-3H3,(H,17,20)(H,19,21). The molecule has 1 aromatic heterocycles. The maximum atomic E-state index is 12.2. The third kappa shape index (κ3) is 3.45. The van der Waals surface area contributed by atoms with Crippen LogP contribution in [0.4, 0.5) is 5.69 Å². The number of aromatic nitrogens is 1. The Hall–Kier alpha value is -2.69. The molecule has 108 valence electrons. The smallest absolute Gasteiger partial charge is 0.257 e. The summed E-state index contributed by atoms with van der Waals surface area (Å²) in [6.45, 7) is 3.73. The van der Waals surface area contributed by atoms with Gasteiger partial charge in [-0.3, -0.25) is 14.6 Å². The van der Waals surface area contributed by atoms with Crippen molar-refractivity contribution in [3.63, 3.8) is 0 Å². The first-order valence-electron chi connectivity index (χ1n) is 6.58. The van der Waals surface area contributed by atoms with Gasteiger partial charge in [-0.1, -0.05) is 6.07 Å². The fraction of sp³-hybridized carbons (Fsp3) is 0.188. The number of aryl methyl sites for hydroxylation is 2. The molecule has 21 heavy (non-hydrogen) atoms. The van der Waals surface area contributed by atoms with E-state index in [2.05, 4.69) is 15.6 Å². The minimum Gasteiger partial charge on any atom is -0.355 e. The zero-order valence-corrected chi connectivity index (χ0v) is 12.2. The molecule has 2 N–H and O–H groups in total. The minimum atomic E-state index is -0.250. The summed E-state index contributed by atoms with van der Waals surface area (Å²) in [6, 6.07) is 8.68. The maximum Gasteiger partial charge on any atom is 0.257 e. The molecule has 0 saturated carbocycles. The zero-order valence-electron chi connectivity index (χ0n) is 12.2. The van der Waals surface area contributed by atoms with Crippen molar-refractivity contribution in [2.45, 2.75) is 13.8 Å². The van der Waals surface area contributed by atoms with Gasteiger partial charge >= 0.3 is 0 Å². The Morgan fingerprint density at radius 1 is 1.00 bits per heavy atom. The average Bonchev–Trinajstić information content (AvgIpc) is 2.49. The monoisotopic (exact) mass is 283 g/mol. The molecule has 0 fully saturated rings. The zero-order chi connectivity index (χ0) is 15.4. The lowest BCUT2D eigenvalue weighted by Gasteiger charge is -2.10. The second-order valence-electron chi connectivity index (χ2n) is 4.75. The van der Waals surface area contributed by atoms with E-state index in [0.717, 1.165) is 11.3 Å². The Bertz CT molecular complexity index is 678. The summed E-state index contributed by atoms with van der Waals surface area (Å²) in [5, 5.41) is 5.36. The number of rotatable bonds is 3. The summed E-state index contributed by atoms with van der Waals surface area (Å²) in [5.74, 6) is -0.442. The molecular weight excluding hydrogens is 266 g/mol. The fourth-order valence-corrected chi connectivity index (χ4v) is 1.84. The molecule has 0 aliphatic carbocycles. The van der Waals surface area contributed by atoms with Gasteiger partial charge in [0.1, 0.15) is 0 Å². The number of anilines is 1. The minimum absolute atomic E-state index is 0.192. The van der Waals surface area contributed by atoms with E-state index in [1.807, 2.05) is 13.8 Å². The second kappa shape index (κ2) is 6.17. The van der Waals surface area contributed by atoms with E-state index in [-0.39, 0.29) is 11.8 Å². The number of nitrogens with one attached hydrogen (secondary N) is 2. The highest BCUT2D eigenvalue weighted by molar-refractivity contribution is 6.05. The van der Waals surface area contributed by atoms with E-state index in [1.54, 1.807) is 37.4 Å². The molecule has 0 spiro atoms. The van der Waals surface area contributed by atoms with Crippen LogP contribution in [0.5, 0.6) is 0 Å². The number of nitrogens with zero attached hydrogens (tertiary/aromatic N) is 1. The molecule has 2 aromatic rings. The van der Waals surface area contributed by atoms with Crippen molar-refractivity contribution >= 4 is 17.5 Å². The van der Waals surface area contributed by atoms with Crippen LogP contribution in [0.1, 0.15) is 32.0 Å². The van der Waals surface area contributed by atoms with E-state index in [9.17, 15) is 9.59 Å². The number of amides is 2. The first-order chi connectivity index (χ1) is 10.0. The third-order valence-electron chi connectivity index (χ3n) is 3.15. The highest BCUT2D eigenvalue weighted by Gasteiger charge is 2.10. The second-order valence-corrected chi connectivity index (χ2v) is 4.75. The Labute approximate surface area is 123 Å². The molecule has 1 heterocycles. The topological polar surface area (TPSA) is 71.1 Å². The van der Waals surface area contributed by atoms with Gasteiger partial charge in [0.15, 0.2) is 0 Å². The van der Waals surface area contributed by atoms with Gasteiger partial charge in [0.2, 0.25) is 0 Å². The van der Waals surface area contributed by atoms with Crippen LogP contribution in [0.15, 0.2) is 36.5 Å². The van der Waals surface area contributed by atoms with E-state index >= 15 is 0 Å². The molecule has 0 bridgehead atoms. The van der Waals surface area contributed by atoms with E-state index in [1.165, 1.54) is 6.20 Å². The molecule has 5 nitrogen and oxygen atoms in total. The highest BCUT2D eigenvalue weighted by atomic mass is 16.2. The lowest BCUT2D eigenvalue weighted by atomic mass is 10.1. The Kier molecular flexibility index (Phi) is 4.33. The van der Waals surface area contributed by atoms with Gasteiger partial charge in [-0.25, -0.2) is 0 Å². The van der Waals surface area contributed by atoms with Crippen molar-refractivity contribution in [3.8, 4) is 0 Å². The summed E-state index contributed by atoms with van der Waals surface area (Å²) in [4.78, 5) is 27.9. The van der Waals surface area contributed by atoms with Crippen molar-refractivity contribution in [3.05, 3.63) is 58.9 Å². The molecule has 0 aliphatic heterocycles. The van der Waals surface area contributed by atoms with Gasteiger partial charge < -0.3 is 10.6 Å². The van der Waals surface area contributed by atoms with Crippen molar-refractivity contribution < 1.29 is 9.59 Å². The number of hydrogen-bond acceptors (Lipinski definition) is 3. The van der Waals surface area contributed by atoms with Crippen molar-refractivity contribution in [2.75, 3.05) is 12.4 Å². The molecule has 5 heteroatoms. The van der Waals surface area contributed by atoms with Crippen LogP contribution in [-0.4, -0.2) is 23.8 Å². The average molecular weight is 283 g/mol. The van der Waals surface area contributed by atoms with Crippen molar-refractivity contribution in [2.24, 2.45) is 0 Å². The van der Waals surface area contributed by atoms with Crippen molar-refractivity contribution in [1.29, 1.82) is 0 Å². The van der Waals surface area contributed by atoms with Crippen LogP contribution in [0.3, 0.4) is 0 Å². The van der Waals surface area contributed by atoms with Gasteiger partial charge in [-0.2, -0.15) is 0 Å². The van der Waals surface area contributed by atoms with Crippen LogP contribution >= 0.6 is 0 Å². The lowest BCUT2D eigenvalue weighted by Crippen LogP contribution is -2.19. The fourth-order valence-electron chi connectivity index (χ4n) is 1.84. The van der Waals surface area contributed by atoms with Gasteiger partial charge in [-0.15, -0.1) is 0 Å². The van der Waals surface area contributed by atoms with Crippen LogP contribution in [-0.2, 0) is 0 Å². The van der Waals surface area contributed by atoms with Crippen LogP contribution < -0.4 is 10.6 Å². The first-order valence-corrected chi connectivity index (χ1v) is 6.58. The molecule has 0 radical (unpaired) electrons. The highest BCUT2D eigenvalue weighted by Crippen LogP contribution is 2.18. The molecule has 0 unspecified atom stereocenters. The molecule has 2 amide bonds. The van der Waals surface area contributed by atoms with E-state index in [4.69, 9.17) is 0 Å². The van der Waals surface area contributed by atoms with Crippen LogP contribution in [0, 0.1) is 13.8 Å². The molecular formula is C16H17N3O2. The summed E-state index contributed by atoms with van der Waals surface area (Å²) in [5.41, 5.74) is 3.33. The van der Waals surface area contributed by atoms with Gasteiger partial charge in [-0.05, 0) is 43.7 Å². The van der Waals surface area contributed by atoms with Crippen molar-refractivity contribution in [1.82, 2.24) is 10.3 Å².